The molecule has 0 spiro atoms. The maximum Gasteiger partial charge on any atom is 0.411 e. The minimum Gasteiger partial charge on any atom is -0.444 e. The molecule has 1 aliphatic carbocycles. The van der Waals surface area contributed by atoms with Crippen LogP contribution in [0.5, 0.6) is 0 Å². The van der Waals surface area contributed by atoms with Crippen LogP contribution in [0.2, 0.25) is 5.02 Å². The molecule has 1 fully saturated rings. The molecule has 8 heteroatoms. The zero-order valence-corrected chi connectivity index (χ0v) is 22.1. The summed E-state index contributed by atoms with van der Waals surface area (Å²) in [6.07, 6.45) is 3.73. The monoisotopic (exact) mass is 511 g/mol. The summed E-state index contributed by atoms with van der Waals surface area (Å²) in [5.74, 6) is 2.51. The third-order valence-corrected chi connectivity index (χ3v) is 7.38. The Morgan fingerprint density at radius 1 is 1.06 bits per heavy atom. The molecule has 0 saturated heterocycles. The fraction of sp³-hybridized carbons (Fsp3) is 0.464. The second-order valence-corrected chi connectivity index (χ2v) is 11.4. The van der Waals surface area contributed by atoms with Gasteiger partial charge in [-0.25, -0.2) is 9.18 Å². The summed E-state index contributed by atoms with van der Waals surface area (Å²) in [7, 11) is 1.98. The number of nitrogens with zero attached hydrogens (tertiary/aromatic N) is 4. The number of carbonyl (C=O) groups excluding carboxylic acids is 1. The molecule has 2 aliphatic rings. The second-order valence-electron chi connectivity index (χ2n) is 10.9. The van der Waals surface area contributed by atoms with Crippen LogP contribution in [0.4, 0.5) is 9.18 Å². The molecule has 2 heterocycles. The van der Waals surface area contributed by atoms with Crippen LogP contribution in [0.15, 0.2) is 42.5 Å². The van der Waals surface area contributed by atoms with Gasteiger partial charge in [-0.15, -0.1) is 4.68 Å². The summed E-state index contributed by atoms with van der Waals surface area (Å²) < 4.78 is 23.3. The molecular formula is C28H33ClFN4O2+. The Bertz CT molecular complexity index is 1270. The van der Waals surface area contributed by atoms with Crippen molar-refractivity contribution in [3.8, 4) is 5.69 Å². The van der Waals surface area contributed by atoms with E-state index in [9.17, 15) is 9.18 Å². The lowest BCUT2D eigenvalue weighted by Gasteiger charge is -2.27. The quantitative estimate of drug-likeness (QED) is 0.386. The van der Waals surface area contributed by atoms with Gasteiger partial charge in [-0.2, -0.15) is 4.57 Å². The Balaban J connectivity index is 1.47. The number of hydrogen-bond acceptors (Lipinski definition) is 3. The smallest absolute Gasteiger partial charge is 0.411 e. The predicted molar refractivity (Wildman–Crippen MR) is 136 cm³/mol. The van der Waals surface area contributed by atoms with E-state index in [1.165, 1.54) is 5.56 Å². The van der Waals surface area contributed by atoms with Crippen molar-refractivity contribution >= 4 is 17.7 Å². The van der Waals surface area contributed by atoms with Gasteiger partial charge in [0.1, 0.15) is 23.7 Å². The summed E-state index contributed by atoms with van der Waals surface area (Å²) in [5.41, 5.74) is 2.59. The number of carbonyl (C=O) groups is 1. The largest absolute Gasteiger partial charge is 0.444 e. The van der Waals surface area contributed by atoms with Crippen LogP contribution in [0.25, 0.3) is 5.69 Å². The minimum atomic E-state index is -0.588. The molecule has 2 aromatic carbocycles. The van der Waals surface area contributed by atoms with Gasteiger partial charge in [-0.3, -0.25) is 4.90 Å². The molecule has 0 N–H and O–H groups in total. The molecule has 36 heavy (non-hydrogen) atoms. The Labute approximate surface area is 216 Å². The van der Waals surface area contributed by atoms with Gasteiger partial charge in [0.2, 0.25) is 5.82 Å². The molecule has 190 valence electrons. The van der Waals surface area contributed by atoms with E-state index in [2.05, 4.69) is 4.57 Å². The highest BCUT2D eigenvalue weighted by Crippen LogP contribution is 2.40. The predicted octanol–water partition coefficient (Wildman–Crippen LogP) is 6.18. The Kier molecular flexibility index (Phi) is 6.54. The standard InChI is InChI=1S/C28H33ClFN4O2/c1-28(2,3)36-27(35)33-16-21-15-22(29)11-14-24(21)34-25(17-33)31-32(4)26(34)20-7-5-18(6-8-20)19-9-12-23(30)13-10-19/h9-15,18,20H,5-8,16-17H2,1-4H3/q+1. The van der Waals surface area contributed by atoms with Gasteiger partial charge in [0.15, 0.2) is 0 Å². The SMILES string of the molecule is Cn1nc2[n+](c1C1CCC(c3ccc(F)cc3)CC1)-c1ccc(Cl)cc1CN(C(=O)OC(C)(C)C)C2. The van der Waals surface area contributed by atoms with E-state index in [-0.39, 0.29) is 11.9 Å². The van der Waals surface area contributed by atoms with Gasteiger partial charge in [0, 0.05) is 21.6 Å². The first kappa shape index (κ1) is 24.8. The number of halogens is 2. The number of hydrogen-bond donors (Lipinski definition) is 0. The molecule has 0 radical (unpaired) electrons. The van der Waals surface area contributed by atoms with Crippen molar-refractivity contribution in [3.05, 3.63) is 76.1 Å². The molecule has 0 unspecified atom stereocenters. The number of aromatic nitrogens is 3. The number of aryl methyl sites for hydroxylation is 1. The van der Waals surface area contributed by atoms with Gasteiger partial charge >= 0.3 is 11.9 Å². The lowest BCUT2D eigenvalue weighted by atomic mass is 9.78. The van der Waals surface area contributed by atoms with Crippen molar-refractivity contribution < 1.29 is 18.5 Å². The van der Waals surface area contributed by atoms with E-state index in [4.69, 9.17) is 21.4 Å². The van der Waals surface area contributed by atoms with Crippen LogP contribution in [0.3, 0.4) is 0 Å². The van der Waals surface area contributed by atoms with Gasteiger partial charge in [0.25, 0.3) is 0 Å². The lowest BCUT2D eigenvalue weighted by molar-refractivity contribution is -0.616. The summed E-state index contributed by atoms with van der Waals surface area (Å²) in [6, 6.07) is 12.8. The van der Waals surface area contributed by atoms with Crippen LogP contribution >= 0.6 is 11.6 Å². The first-order valence-electron chi connectivity index (χ1n) is 12.6. The lowest BCUT2D eigenvalue weighted by Crippen LogP contribution is -2.41. The summed E-state index contributed by atoms with van der Waals surface area (Å²) in [6.45, 7) is 6.35. The summed E-state index contributed by atoms with van der Waals surface area (Å²) in [4.78, 5) is 14.8. The maximum atomic E-state index is 13.4. The van der Waals surface area contributed by atoms with Crippen molar-refractivity contribution in [1.82, 2.24) is 14.7 Å². The van der Waals surface area contributed by atoms with E-state index in [1.807, 2.05) is 62.8 Å². The van der Waals surface area contributed by atoms with Crippen LogP contribution in [-0.4, -0.2) is 26.4 Å². The summed E-state index contributed by atoms with van der Waals surface area (Å²) in [5, 5.41) is 5.51. The van der Waals surface area contributed by atoms with E-state index in [0.717, 1.165) is 48.6 Å². The highest BCUT2D eigenvalue weighted by Gasteiger charge is 2.39. The van der Waals surface area contributed by atoms with Gasteiger partial charge in [0.05, 0.1) is 13.6 Å². The molecule has 0 bridgehead atoms. The fourth-order valence-corrected chi connectivity index (χ4v) is 5.76. The van der Waals surface area contributed by atoms with Crippen molar-refractivity contribution in [2.24, 2.45) is 7.05 Å². The maximum absolute atomic E-state index is 13.4. The van der Waals surface area contributed by atoms with Crippen LogP contribution < -0.4 is 4.57 Å². The first-order chi connectivity index (χ1) is 17.1. The molecule has 1 aliphatic heterocycles. The Morgan fingerprint density at radius 3 is 2.39 bits per heavy atom. The fourth-order valence-electron chi connectivity index (χ4n) is 5.56. The molecule has 5 rings (SSSR count). The molecular weight excluding hydrogens is 479 g/mol. The third-order valence-electron chi connectivity index (χ3n) is 7.15. The number of amides is 1. The van der Waals surface area contributed by atoms with E-state index >= 15 is 0 Å². The van der Waals surface area contributed by atoms with Gasteiger partial charge < -0.3 is 4.74 Å². The highest BCUT2D eigenvalue weighted by atomic mass is 35.5. The normalized spacial score (nSPS) is 19.9. The molecule has 1 aromatic heterocycles. The van der Waals surface area contributed by atoms with Gasteiger partial charge in [-0.1, -0.05) is 23.7 Å². The third kappa shape index (κ3) is 4.99. The van der Waals surface area contributed by atoms with Crippen LogP contribution in [0.1, 0.15) is 81.1 Å². The molecule has 0 atom stereocenters. The van der Waals surface area contributed by atoms with E-state index in [1.54, 1.807) is 17.0 Å². The van der Waals surface area contributed by atoms with Crippen molar-refractivity contribution in [1.29, 1.82) is 0 Å². The Morgan fingerprint density at radius 2 is 1.72 bits per heavy atom. The molecule has 6 nitrogen and oxygen atoms in total. The van der Waals surface area contributed by atoms with Crippen LogP contribution in [0, 0.1) is 5.82 Å². The zero-order valence-electron chi connectivity index (χ0n) is 21.3. The molecule has 1 amide bonds. The Hall–Kier alpha value is -2.93. The van der Waals surface area contributed by atoms with Crippen molar-refractivity contribution in [3.63, 3.8) is 0 Å². The average molecular weight is 512 g/mol. The number of ether oxygens (including phenoxy) is 1. The average Bonchev–Trinajstić information content (AvgIpc) is 3.05. The number of benzene rings is 2. The second kappa shape index (κ2) is 9.51. The molecule has 3 aromatic rings. The van der Waals surface area contributed by atoms with E-state index in [0.29, 0.717) is 29.9 Å². The number of rotatable bonds is 2. The van der Waals surface area contributed by atoms with Gasteiger partial charge in [-0.05, 0) is 88.3 Å². The van der Waals surface area contributed by atoms with Crippen molar-refractivity contribution in [2.45, 2.75) is 77.0 Å². The van der Waals surface area contributed by atoms with Crippen molar-refractivity contribution in [2.75, 3.05) is 0 Å². The minimum absolute atomic E-state index is 0.194. The highest BCUT2D eigenvalue weighted by molar-refractivity contribution is 6.30. The number of fused-ring (bicyclic) bond motifs is 3. The first-order valence-corrected chi connectivity index (χ1v) is 13.0. The van der Waals surface area contributed by atoms with E-state index < -0.39 is 5.60 Å². The summed E-state index contributed by atoms with van der Waals surface area (Å²) >= 11 is 6.38. The zero-order chi connectivity index (χ0) is 25.6. The topological polar surface area (TPSA) is 51.2 Å². The van der Waals surface area contributed by atoms with Crippen LogP contribution in [-0.2, 0) is 24.9 Å². The molecule has 1 saturated carbocycles.